The quantitative estimate of drug-likeness (QED) is 0.899. The van der Waals surface area contributed by atoms with Crippen LogP contribution in [0.2, 0.25) is 0 Å². The van der Waals surface area contributed by atoms with Gasteiger partial charge in [-0.1, -0.05) is 37.6 Å². The Hall–Kier alpha value is -2.31. The van der Waals surface area contributed by atoms with E-state index in [1.165, 1.54) is 7.05 Å². The third kappa shape index (κ3) is 3.60. The number of halogens is 3. The van der Waals surface area contributed by atoms with Crippen LogP contribution < -0.4 is 5.32 Å². The van der Waals surface area contributed by atoms with E-state index in [-0.39, 0.29) is 12.5 Å². The smallest absolute Gasteiger partial charge is 0.283 e. The monoisotopic (exact) mass is 339 g/mol. The van der Waals surface area contributed by atoms with E-state index in [1.54, 1.807) is 0 Å². The van der Waals surface area contributed by atoms with Crippen molar-refractivity contribution in [2.24, 2.45) is 7.05 Å². The minimum absolute atomic E-state index is 0.130. The van der Waals surface area contributed by atoms with Crippen molar-refractivity contribution in [3.8, 4) is 0 Å². The molecule has 0 atom stereocenters. The molecule has 0 bridgehead atoms. The summed E-state index contributed by atoms with van der Waals surface area (Å²) in [5.41, 5.74) is 1.39. The Morgan fingerprint density at radius 1 is 1.33 bits per heavy atom. The summed E-state index contributed by atoms with van der Waals surface area (Å²) >= 11 is 0. The second kappa shape index (κ2) is 7.07. The standard InChI is InChI=1S/C17H20F3N3O/c1-9(2)12-6-5-10(3)7-11(12)8-21-17(24)13-14(15(18)19)22-23(4)16(13)20/h5-7,9,15H,8H2,1-4H3,(H,21,24). The zero-order chi connectivity index (χ0) is 18.0. The molecule has 2 aromatic rings. The van der Waals surface area contributed by atoms with Crippen molar-refractivity contribution in [2.75, 3.05) is 0 Å². The van der Waals surface area contributed by atoms with E-state index in [9.17, 15) is 18.0 Å². The molecular weight excluding hydrogens is 319 g/mol. The lowest BCUT2D eigenvalue weighted by Gasteiger charge is -2.14. The van der Waals surface area contributed by atoms with Gasteiger partial charge in [-0.2, -0.15) is 9.49 Å². The van der Waals surface area contributed by atoms with Gasteiger partial charge in [-0.15, -0.1) is 0 Å². The van der Waals surface area contributed by atoms with Crippen LogP contribution in [0.1, 0.15) is 58.9 Å². The third-order valence-corrected chi connectivity index (χ3v) is 3.80. The van der Waals surface area contributed by atoms with Crippen LogP contribution in [0.3, 0.4) is 0 Å². The Bertz CT molecular complexity index is 754. The lowest BCUT2D eigenvalue weighted by Crippen LogP contribution is -2.25. The van der Waals surface area contributed by atoms with Gasteiger partial charge in [0.2, 0.25) is 5.95 Å². The third-order valence-electron chi connectivity index (χ3n) is 3.80. The van der Waals surface area contributed by atoms with Crippen molar-refractivity contribution in [1.82, 2.24) is 15.1 Å². The van der Waals surface area contributed by atoms with Crippen LogP contribution in [0.4, 0.5) is 13.2 Å². The first-order chi connectivity index (χ1) is 11.2. The highest BCUT2D eigenvalue weighted by atomic mass is 19.3. The largest absolute Gasteiger partial charge is 0.348 e. The molecule has 24 heavy (non-hydrogen) atoms. The van der Waals surface area contributed by atoms with Gasteiger partial charge in [0.05, 0.1) is 0 Å². The SMILES string of the molecule is Cc1ccc(C(C)C)c(CNC(=O)c2c(C(F)F)nn(C)c2F)c1. The topological polar surface area (TPSA) is 46.9 Å². The summed E-state index contributed by atoms with van der Waals surface area (Å²) < 4.78 is 40.5. The maximum absolute atomic E-state index is 13.9. The Labute approximate surface area is 138 Å². The number of alkyl halides is 2. The molecule has 130 valence electrons. The normalized spacial score (nSPS) is 11.4. The fourth-order valence-corrected chi connectivity index (χ4v) is 2.60. The molecule has 0 unspecified atom stereocenters. The summed E-state index contributed by atoms with van der Waals surface area (Å²) in [6.45, 7) is 6.09. The number of benzene rings is 1. The number of hydrogen-bond acceptors (Lipinski definition) is 2. The van der Waals surface area contributed by atoms with Crippen molar-refractivity contribution in [2.45, 2.75) is 39.7 Å². The zero-order valence-electron chi connectivity index (χ0n) is 14.0. The second-order valence-corrected chi connectivity index (χ2v) is 6.01. The van der Waals surface area contributed by atoms with Gasteiger partial charge in [-0.05, 0) is 24.0 Å². The molecular formula is C17H20F3N3O. The zero-order valence-corrected chi connectivity index (χ0v) is 14.0. The van der Waals surface area contributed by atoms with Gasteiger partial charge < -0.3 is 5.32 Å². The van der Waals surface area contributed by atoms with Crippen LogP contribution in [0, 0.1) is 12.9 Å². The summed E-state index contributed by atoms with van der Waals surface area (Å²) in [6, 6.07) is 5.86. The van der Waals surface area contributed by atoms with E-state index in [0.717, 1.165) is 16.7 Å². The molecule has 2 rings (SSSR count). The molecule has 0 saturated carbocycles. The van der Waals surface area contributed by atoms with E-state index in [4.69, 9.17) is 0 Å². The predicted octanol–water partition coefficient (Wildman–Crippen LogP) is 3.86. The van der Waals surface area contributed by atoms with Crippen molar-refractivity contribution in [3.63, 3.8) is 0 Å². The molecule has 1 N–H and O–H groups in total. The molecule has 1 heterocycles. The van der Waals surface area contributed by atoms with Crippen molar-refractivity contribution in [3.05, 3.63) is 52.1 Å². The molecule has 0 aliphatic rings. The molecule has 4 nitrogen and oxygen atoms in total. The minimum Gasteiger partial charge on any atom is -0.348 e. The molecule has 0 fully saturated rings. The minimum atomic E-state index is -3.02. The second-order valence-electron chi connectivity index (χ2n) is 6.01. The number of aryl methyl sites for hydroxylation is 2. The van der Waals surface area contributed by atoms with E-state index in [2.05, 4.69) is 10.4 Å². The van der Waals surface area contributed by atoms with Gasteiger partial charge in [0.1, 0.15) is 11.3 Å². The van der Waals surface area contributed by atoms with Crippen LogP contribution in [-0.2, 0) is 13.6 Å². The van der Waals surface area contributed by atoms with E-state index in [1.807, 2.05) is 39.0 Å². The number of nitrogens with zero attached hydrogens (tertiary/aromatic N) is 2. The number of hydrogen-bond donors (Lipinski definition) is 1. The van der Waals surface area contributed by atoms with Crippen molar-refractivity contribution < 1.29 is 18.0 Å². The first-order valence-electron chi connectivity index (χ1n) is 7.60. The summed E-state index contributed by atoms with van der Waals surface area (Å²) in [5, 5.41) is 5.90. The van der Waals surface area contributed by atoms with Crippen molar-refractivity contribution >= 4 is 5.91 Å². The Balaban J connectivity index is 2.25. The van der Waals surface area contributed by atoms with Gasteiger partial charge in [-0.3, -0.25) is 4.79 Å². The number of rotatable bonds is 5. The summed E-state index contributed by atoms with van der Waals surface area (Å²) in [6.07, 6.45) is -3.02. The highest BCUT2D eigenvalue weighted by Gasteiger charge is 2.28. The van der Waals surface area contributed by atoms with Gasteiger partial charge >= 0.3 is 0 Å². The van der Waals surface area contributed by atoms with Gasteiger partial charge in [-0.25, -0.2) is 13.5 Å². The van der Waals surface area contributed by atoms with Gasteiger partial charge in [0.25, 0.3) is 12.3 Å². The average molecular weight is 339 g/mol. The molecule has 0 spiro atoms. The highest BCUT2D eigenvalue weighted by Crippen LogP contribution is 2.24. The van der Waals surface area contributed by atoms with Crippen LogP contribution in [0.5, 0.6) is 0 Å². The maximum atomic E-state index is 13.9. The average Bonchev–Trinajstić information content (AvgIpc) is 2.80. The summed E-state index contributed by atoms with van der Waals surface area (Å²) in [5.74, 6) is -1.73. The van der Waals surface area contributed by atoms with E-state index < -0.39 is 29.5 Å². The van der Waals surface area contributed by atoms with Crippen LogP contribution >= 0.6 is 0 Å². The molecule has 1 aromatic heterocycles. The summed E-state index contributed by atoms with van der Waals surface area (Å²) in [4.78, 5) is 12.2. The molecule has 1 amide bonds. The predicted molar refractivity (Wildman–Crippen MR) is 84.6 cm³/mol. The van der Waals surface area contributed by atoms with Crippen LogP contribution in [-0.4, -0.2) is 15.7 Å². The highest BCUT2D eigenvalue weighted by molar-refractivity contribution is 5.95. The van der Waals surface area contributed by atoms with Crippen molar-refractivity contribution in [1.29, 1.82) is 0 Å². The lowest BCUT2D eigenvalue weighted by molar-refractivity contribution is 0.0931. The van der Waals surface area contributed by atoms with E-state index >= 15 is 0 Å². The number of nitrogens with one attached hydrogen (secondary N) is 1. The maximum Gasteiger partial charge on any atom is 0.283 e. The Kier molecular flexibility index (Phi) is 5.31. The Morgan fingerprint density at radius 2 is 2.00 bits per heavy atom. The number of carbonyl (C=O) groups excluding carboxylic acids is 1. The fraction of sp³-hybridized carbons (Fsp3) is 0.412. The molecule has 7 heteroatoms. The molecule has 0 radical (unpaired) electrons. The molecule has 0 aliphatic carbocycles. The summed E-state index contributed by atoms with van der Waals surface area (Å²) in [7, 11) is 1.18. The van der Waals surface area contributed by atoms with Gasteiger partial charge in [0, 0.05) is 13.6 Å². The number of amides is 1. The Morgan fingerprint density at radius 3 is 2.58 bits per heavy atom. The molecule has 1 aromatic carbocycles. The van der Waals surface area contributed by atoms with E-state index in [0.29, 0.717) is 4.68 Å². The van der Waals surface area contributed by atoms with Crippen LogP contribution in [0.15, 0.2) is 18.2 Å². The van der Waals surface area contributed by atoms with Crippen LogP contribution in [0.25, 0.3) is 0 Å². The first-order valence-corrected chi connectivity index (χ1v) is 7.60. The molecule has 0 saturated heterocycles. The number of aromatic nitrogens is 2. The van der Waals surface area contributed by atoms with Gasteiger partial charge in [0.15, 0.2) is 0 Å². The fourth-order valence-electron chi connectivity index (χ4n) is 2.60. The first kappa shape index (κ1) is 18.0. The molecule has 0 aliphatic heterocycles. The lowest BCUT2D eigenvalue weighted by atomic mass is 9.95. The number of carbonyl (C=O) groups is 1.